The number of hydrogen-bond donors (Lipinski definition) is 1. The summed E-state index contributed by atoms with van der Waals surface area (Å²) in [5.74, 6) is -0.302. The molecule has 2 amide bonds. The summed E-state index contributed by atoms with van der Waals surface area (Å²) in [6, 6.07) is 5.54. The van der Waals surface area contributed by atoms with Crippen LogP contribution >= 0.6 is 12.4 Å². The highest BCUT2D eigenvalue weighted by atomic mass is 35.5. The van der Waals surface area contributed by atoms with Crippen molar-refractivity contribution in [1.29, 1.82) is 0 Å². The third-order valence-corrected chi connectivity index (χ3v) is 5.41. The molecule has 0 spiro atoms. The van der Waals surface area contributed by atoms with E-state index in [2.05, 4.69) is 0 Å². The molecule has 2 rings (SSSR count). The van der Waals surface area contributed by atoms with Crippen molar-refractivity contribution in [1.82, 2.24) is 9.80 Å². The predicted octanol–water partition coefficient (Wildman–Crippen LogP) is 0.924. The Bertz CT molecular complexity index is 746. The Kier molecular flexibility index (Phi) is 8.05. The van der Waals surface area contributed by atoms with E-state index in [4.69, 9.17) is 5.73 Å². The van der Waals surface area contributed by atoms with Crippen LogP contribution in [-0.4, -0.2) is 68.5 Å². The van der Waals surface area contributed by atoms with Gasteiger partial charge in [0.05, 0.1) is 10.9 Å². The largest absolute Gasteiger partial charge is 0.338 e. The molecule has 0 bridgehead atoms. The van der Waals surface area contributed by atoms with E-state index in [1.54, 1.807) is 21.9 Å². The fourth-order valence-electron chi connectivity index (χ4n) is 2.84. The van der Waals surface area contributed by atoms with Gasteiger partial charge in [-0.15, -0.1) is 12.4 Å². The van der Waals surface area contributed by atoms with Gasteiger partial charge >= 0.3 is 0 Å². The van der Waals surface area contributed by atoms with E-state index in [1.807, 2.05) is 6.92 Å². The Morgan fingerprint density at radius 3 is 2.27 bits per heavy atom. The molecule has 26 heavy (non-hydrogen) atoms. The summed E-state index contributed by atoms with van der Waals surface area (Å²) in [6.07, 6.45) is 2.61. The first-order valence-corrected chi connectivity index (χ1v) is 10.3. The molecular formula is C17H26ClN3O4S. The third kappa shape index (κ3) is 5.43. The van der Waals surface area contributed by atoms with Crippen molar-refractivity contribution >= 4 is 34.1 Å². The lowest BCUT2D eigenvalue weighted by molar-refractivity contribution is -0.134. The van der Waals surface area contributed by atoms with Crippen LogP contribution in [0.3, 0.4) is 0 Å². The zero-order valence-electron chi connectivity index (χ0n) is 15.1. The van der Waals surface area contributed by atoms with Gasteiger partial charge in [-0.05, 0) is 24.6 Å². The van der Waals surface area contributed by atoms with E-state index in [1.165, 1.54) is 12.1 Å². The average Bonchev–Trinajstić information content (AvgIpc) is 2.60. The second-order valence-electron chi connectivity index (χ2n) is 6.31. The molecule has 2 N–H and O–H groups in total. The number of amides is 2. The van der Waals surface area contributed by atoms with E-state index < -0.39 is 15.9 Å². The maximum Gasteiger partial charge on any atom is 0.254 e. The number of sulfone groups is 1. The number of benzene rings is 1. The van der Waals surface area contributed by atoms with Crippen LogP contribution in [0.4, 0.5) is 0 Å². The number of nitrogens with two attached hydrogens (primary N) is 1. The SMILES string of the molecule is CCCC(N)C(=O)N1CCN(C(=O)c2cccc(S(C)(=O)=O)c2)CC1.Cl. The first-order chi connectivity index (χ1) is 11.7. The molecule has 0 aromatic heterocycles. The number of carbonyl (C=O) groups is 2. The number of nitrogens with zero attached hydrogens (tertiary/aromatic N) is 2. The summed E-state index contributed by atoms with van der Waals surface area (Å²) in [4.78, 5) is 28.3. The topological polar surface area (TPSA) is 101 Å². The Balaban J connectivity index is 0.00000338. The lowest BCUT2D eigenvalue weighted by Gasteiger charge is -2.36. The summed E-state index contributed by atoms with van der Waals surface area (Å²) >= 11 is 0. The van der Waals surface area contributed by atoms with Crippen LogP contribution in [-0.2, 0) is 14.6 Å². The Morgan fingerprint density at radius 1 is 1.15 bits per heavy atom. The van der Waals surface area contributed by atoms with Crippen molar-refractivity contribution in [2.24, 2.45) is 5.73 Å². The molecule has 1 aliphatic heterocycles. The Hall–Kier alpha value is -1.64. The maximum absolute atomic E-state index is 12.6. The molecule has 1 aromatic rings. The van der Waals surface area contributed by atoms with Crippen molar-refractivity contribution in [3.63, 3.8) is 0 Å². The van der Waals surface area contributed by atoms with Gasteiger partial charge in [-0.25, -0.2) is 8.42 Å². The van der Waals surface area contributed by atoms with Crippen molar-refractivity contribution in [3.05, 3.63) is 29.8 Å². The van der Waals surface area contributed by atoms with Crippen LogP contribution < -0.4 is 5.73 Å². The highest BCUT2D eigenvalue weighted by Gasteiger charge is 2.27. The number of piperazine rings is 1. The van der Waals surface area contributed by atoms with Crippen LogP contribution in [0, 0.1) is 0 Å². The van der Waals surface area contributed by atoms with Crippen molar-refractivity contribution in [2.75, 3.05) is 32.4 Å². The summed E-state index contributed by atoms with van der Waals surface area (Å²) in [7, 11) is -3.36. The molecular weight excluding hydrogens is 378 g/mol. The van der Waals surface area contributed by atoms with Gasteiger partial charge in [0.1, 0.15) is 0 Å². The van der Waals surface area contributed by atoms with Gasteiger partial charge in [0.2, 0.25) is 5.91 Å². The minimum absolute atomic E-state index is 0. The number of rotatable bonds is 5. The molecule has 1 atom stereocenters. The highest BCUT2D eigenvalue weighted by molar-refractivity contribution is 7.90. The third-order valence-electron chi connectivity index (χ3n) is 4.30. The normalized spacial score (nSPS) is 16.0. The second-order valence-corrected chi connectivity index (χ2v) is 8.33. The standard InChI is InChI=1S/C17H25N3O4S.ClH/c1-3-5-15(18)17(22)20-10-8-19(9-11-20)16(21)13-6-4-7-14(12-13)25(2,23)24;/h4,6-7,12,15H,3,5,8-11,18H2,1-2H3;1H. The zero-order chi connectivity index (χ0) is 18.6. The van der Waals surface area contributed by atoms with E-state index in [9.17, 15) is 18.0 Å². The fourth-order valence-corrected chi connectivity index (χ4v) is 3.51. The van der Waals surface area contributed by atoms with E-state index >= 15 is 0 Å². The molecule has 146 valence electrons. The minimum Gasteiger partial charge on any atom is -0.338 e. The highest BCUT2D eigenvalue weighted by Crippen LogP contribution is 2.15. The second kappa shape index (κ2) is 9.34. The van der Waals surface area contributed by atoms with Crippen molar-refractivity contribution < 1.29 is 18.0 Å². The van der Waals surface area contributed by atoms with E-state index in [-0.39, 0.29) is 29.1 Å². The van der Waals surface area contributed by atoms with Gasteiger partial charge in [-0.3, -0.25) is 9.59 Å². The zero-order valence-corrected chi connectivity index (χ0v) is 16.7. The van der Waals surface area contributed by atoms with Gasteiger partial charge in [0, 0.05) is 38.0 Å². The van der Waals surface area contributed by atoms with E-state index in [0.717, 1.165) is 12.7 Å². The average molecular weight is 404 g/mol. The van der Waals surface area contributed by atoms with E-state index in [0.29, 0.717) is 38.2 Å². The summed E-state index contributed by atoms with van der Waals surface area (Å²) in [6.45, 7) is 3.68. The van der Waals surface area contributed by atoms with Crippen LogP contribution in [0.15, 0.2) is 29.2 Å². The first kappa shape index (κ1) is 22.4. The number of carbonyl (C=O) groups excluding carboxylic acids is 2. The molecule has 1 unspecified atom stereocenters. The Labute approximate surface area is 160 Å². The molecule has 1 heterocycles. The molecule has 0 aliphatic carbocycles. The van der Waals surface area contributed by atoms with Crippen LogP contribution in [0.1, 0.15) is 30.1 Å². The monoisotopic (exact) mass is 403 g/mol. The van der Waals surface area contributed by atoms with Gasteiger partial charge in [-0.1, -0.05) is 19.4 Å². The summed E-state index contributed by atoms with van der Waals surface area (Å²) in [5.41, 5.74) is 6.21. The van der Waals surface area contributed by atoms with Gasteiger partial charge in [0.25, 0.3) is 5.91 Å². The number of halogens is 1. The molecule has 1 saturated heterocycles. The van der Waals surface area contributed by atoms with Crippen LogP contribution in [0.25, 0.3) is 0 Å². The smallest absolute Gasteiger partial charge is 0.254 e. The van der Waals surface area contributed by atoms with Crippen LogP contribution in [0.2, 0.25) is 0 Å². The first-order valence-electron chi connectivity index (χ1n) is 8.37. The molecule has 1 aromatic carbocycles. The molecule has 9 heteroatoms. The van der Waals surface area contributed by atoms with Gasteiger partial charge in [-0.2, -0.15) is 0 Å². The quantitative estimate of drug-likeness (QED) is 0.787. The molecule has 7 nitrogen and oxygen atoms in total. The van der Waals surface area contributed by atoms with Crippen LogP contribution in [0.5, 0.6) is 0 Å². The summed E-state index contributed by atoms with van der Waals surface area (Å²) in [5, 5.41) is 0. The minimum atomic E-state index is -3.36. The molecule has 1 aliphatic rings. The summed E-state index contributed by atoms with van der Waals surface area (Å²) < 4.78 is 23.3. The maximum atomic E-state index is 12.6. The fraction of sp³-hybridized carbons (Fsp3) is 0.529. The van der Waals surface area contributed by atoms with Gasteiger partial charge < -0.3 is 15.5 Å². The Morgan fingerprint density at radius 2 is 1.73 bits per heavy atom. The molecule has 0 radical (unpaired) electrons. The molecule has 1 fully saturated rings. The molecule has 0 saturated carbocycles. The van der Waals surface area contributed by atoms with Crippen molar-refractivity contribution in [3.8, 4) is 0 Å². The predicted molar refractivity (Wildman–Crippen MR) is 102 cm³/mol. The van der Waals surface area contributed by atoms with Gasteiger partial charge in [0.15, 0.2) is 9.84 Å². The number of hydrogen-bond acceptors (Lipinski definition) is 5. The lowest BCUT2D eigenvalue weighted by Crippen LogP contribution is -2.54. The lowest BCUT2D eigenvalue weighted by atomic mass is 10.1. The van der Waals surface area contributed by atoms with Crippen molar-refractivity contribution in [2.45, 2.75) is 30.7 Å².